The summed E-state index contributed by atoms with van der Waals surface area (Å²) in [6.07, 6.45) is 2.79. The fourth-order valence-corrected chi connectivity index (χ4v) is 4.02. The molecule has 0 radical (unpaired) electrons. The standard InChI is InChI=1S/C24H30N2O/c1-15(2)21-13-18(24(27)25-11-12-26(5)6)14-22-16(3)19-9-7-8-10-20(19)17(4)23(21)22/h7-10,14-15,21H,3-4,11-13H2,1-2,5-6H3,(H,25,27). The van der Waals surface area contributed by atoms with Gasteiger partial charge in [0.1, 0.15) is 0 Å². The van der Waals surface area contributed by atoms with Gasteiger partial charge in [-0.1, -0.05) is 51.3 Å². The lowest BCUT2D eigenvalue weighted by Crippen LogP contribution is -2.35. The van der Waals surface area contributed by atoms with Gasteiger partial charge >= 0.3 is 0 Å². The number of carbonyl (C=O) groups excluding carboxylic acids is 1. The van der Waals surface area contributed by atoms with E-state index in [1.807, 2.05) is 26.2 Å². The highest BCUT2D eigenvalue weighted by molar-refractivity contribution is 6.00. The number of likely N-dealkylation sites (N-methyl/N-ethyl adjacent to an activating group) is 1. The van der Waals surface area contributed by atoms with E-state index in [1.165, 1.54) is 10.9 Å². The van der Waals surface area contributed by atoms with Gasteiger partial charge in [0, 0.05) is 18.7 Å². The van der Waals surface area contributed by atoms with Crippen LogP contribution in [0.5, 0.6) is 0 Å². The summed E-state index contributed by atoms with van der Waals surface area (Å²) in [7, 11) is 4.01. The average Bonchev–Trinajstić information content (AvgIpc) is 2.64. The molecular weight excluding hydrogens is 332 g/mol. The van der Waals surface area contributed by atoms with Gasteiger partial charge in [-0.25, -0.2) is 0 Å². The number of hydrogen-bond donors (Lipinski definition) is 1. The molecule has 1 unspecified atom stereocenters. The van der Waals surface area contributed by atoms with Crippen LogP contribution < -0.4 is 15.8 Å². The van der Waals surface area contributed by atoms with Crippen LogP contribution in [0.15, 0.2) is 29.8 Å². The zero-order valence-electron chi connectivity index (χ0n) is 16.9. The minimum absolute atomic E-state index is 0.0336. The minimum atomic E-state index is 0.0336. The van der Waals surface area contributed by atoms with E-state index in [9.17, 15) is 4.79 Å². The molecule has 0 saturated carbocycles. The first-order chi connectivity index (χ1) is 12.8. The fourth-order valence-electron chi connectivity index (χ4n) is 4.02. The van der Waals surface area contributed by atoms with Gasteiger partial charge in [0.2, 0.25) is 5.91 Å². The number of hydrogen-bond acceptors (Lipinski definition) is 2. The third-order valence-electron chi connectivity index (χ3n) is 5.59. The van der Waals surface area contributed by atoms with Crippen LogP contribution in [0.4, 0.5) is 0 Å². The van der Waals surface area contributed by atoms with E-state index in [0.29, 0.717) is 12.5 Å². The van der Waals surface area contributed by atoms with Crippen molar-refractivity contribution in [3.05, 3.63) is 51.4 Å². The molecule has 0 saturated heterocycles. The molecule has 2 aromatic rings. The monoisotopic (exact) mass is 362 g/mol. The second-order valence-electron chi connectivity index (χ2n) is 8.11. The minimum Gasteiger partial charge on any atom is -0.351 e. The van der Waals surface area contributed by atoms with Crippen molar-refractivity contribution >= 4 is 35.9 Å². The number of nitrogens with one attached hydrogen (secondary N) is 1. The Balaban J connectivity index is 2.11. The number of nitrogens with zero attached hydrogens (tertiary/aromatic N) is 1. The number of fused-ring (bicyclic) bond motifs is 2. The molecule has 1 atom stereocenters. The summed E-state index contributed by atoms with van der Waals surface area (Å²) < 4.78 is 0. The third-order valence-corrected chi connectivity index (χ3v) is 5.59. The molecule has 0 spiro atoms. The van der Waals surface area contributed by atoms with Gasteiger partial charge < -0.3 is 10.2 Å². The highest BCUT2D eigenvalue weighted by Gasteiger charge is 2.28. The van der Waals surface area contributed by atoms with E-state index in [1.54, 1.807) is 0 Å². The van der Waals surface area contributed by atoms with Gasteiger partial charge in [0.25, 0.3) is 0 Å². The zero-order valence-corrected chi connectivity index (χ0v) is 16.9. The average molecular weight is 363 g/mol. The van der Waals surface area contributed by atoms with Gasteiger partial charge in [-0.15, -0.1) is 0 Å². The fraction of sp³-hybridized carbons (Fsp3) is 0.375. The maximum Gasteiger partial charge on any atom is 0.247 e. The van der Waals surface area contributed by atoms with Crippen molar-refractivity contribution in [2.45, 2.75) is 26.2 Å². The van der Waals surface area contributed by atoms with E-state index < -0.39 is 0 Å². The molecule has 1 aliphatic carbocycles. The summed E-state index contributed by atoms with van der Waals surface area (Å²) in [5, 5.41) is 7.42. The molecular formula is C24H30N2O. The van der Waals surface area contributed by atoms with E-state index in [0.717, 1.165) is 39.9 Å². The van der Waals surface area contributed by atoms with Crippen LogP contribution in [0.1, 0.15) is 37.3 Å². The van der Waals surface area contributed by atoms with Crippen molar-refractivity contribution in [2.24, 2.45) is 5.92 Å². The Hall–Kier alpha value is -2.39. The molecule has 0 fully saturated rings. The third kappa shape index (κ3) is 3.70. The lowest BCUT2D eigenvalue weighted by molar-refractivity contribution is -0.117. The molecule has 0 aromatic heterocycles. The Morgan fingerprint density at radius 3 is 2.41 bits per heavy atom. The van der Waals surface area contributed by atoms with Gasteiger partial charge in [0.05, 0.1) is 0 Å². The summed E-state index contributed by atoms with van der Waals surface area (Å²) in [5.41, 5.74) is 3.19. The van der Waals surface area contributed by atoms with E-state index in [-0.39, 0.29) is 11.8 Å². The lowest BCUT2D eigenvalue weighted by Gasteiger charge is -2.30. The summed E-state index contributed by atoms with van der Waals surface area (Å²) >= 11 is 0. The SMILES string of the molecule is C=c1c2c(c(=C)c3ccccc13)C(C(C)C)CC(C(=O)NCCN(C)C)=C2. The van der Waals surface area contributed by atoms with Crippen molar-refractivity contribution in [1.29, 1.82) is 0 Å². The zero-order chi connectivity index (χ0) is 19.7. The molecule has 1 N–H and O–H groups in total. The number of benzene rings is 2. The van der Waals surface area contributed by atoms with Crippen LogP contribution in [-0.4, -0.2) is 38.0 Å². The van der Waals surface area contributed by atoms with Gasteiger partial charge in [-0.05, 0) is 70.8 Å². The Morgan fingerprint density at radius 1 is 1.19 bits per heavy atom. The van der Waals surface area contributed by atoms with Crippen molar-refractivity contribution in [1.82, 2.24) is 10.2 Å². The molecule has 1 amide bonds. The number of carbonyl (C=O) groups is 1. The smallest absolute Gasteiger partial charge is 0.247 e. The first-order valence-electron chi connectivity index (χ1n) is 9.67. The lowest BCUT2D eigenvalue weighted by atomic mass is 9.74. The molecule has 142 valence electrons. The Kier molecular flexibility index (Phi) is 5.52. The first-order valence-corrected chi connectivity index (χ1v) is 9.67. The highest BCUT2D eigenvalue weighted by Crippen LogP contribution is 2.36. The molecule has 2 aromatic carbocycles. The first kappa shape index (κ1) is 19.4. The van der Waals surface area contributed by atoms with Crippen molar-refractivity contribution in [3.8, 4) is 0 Å². The summed E-state index contributed by atoms with van der Waals surface area (Å²) in [5.74, 6) is 0.728. The van der Waals surface area contributed by atoms with Gasteiger partial charge in [-0.2, -0.15) is 0 Å². The Morgan fingerprint density at radius 2 is 1.81 bits per heavy atom. The van der Waals surface area contributed by atoms with Crippen LogP contribution in [-0.2, 0) is 4.79 Å². The summed E-state index contributed by atoms with van der Waals surface area (Å²) in [4.78, 5) is 14.8. The normalized spacial score (nSPS) is 16.5. The molecule has 0 aliphatic heterocycles. The second kappa shape index (κ2) is 7.69. The Bertz CT molecular complexity index is 1000. The maximum atomic E-state index is 12.8. The largest absolute Gasteiger partial charge is 0.351 e. The molecule has 0 heterocycles. The summed E-state index contributed by atoms with van der Waals surface area (Å²) in [6, 6.07) is 8.30. The molecule has 3 nitrogen and oxygen atoms in total. The molecule has 1 aliphatic rings. The highest BCUT2D eigenvalue weighted by atomic mass is 16.1. The second-order valence-corrected chi connectivity index (χ2v) is 8.11. The quantitative estimate of drug-likeness (QED) is 0.887. The van der Waals surface area contributed by atoms with Crippen LogP contribution >= 0.6 is 0 Å². The summed E-state index contributed by atoms with van der Waals surface area (Å²) in [6.45, 7) is 14.7. The molecule has 3 rings (SSSR count). The number of amides is 1. The van der Waals surface area contributed by atoms with Gasteiger partial charge in [0.15, 0.2) is 0 Å². The van der Waals surface area contributed by atoms with Crippen molar-refractivity contribution in [2.75, 3.05) is 27.2 Å². The van der Waals surface area contributed by atoms with Crippen molar-refractivity contribution < 1.29 is 4.79 Å². The van der Waals surface area contributed by atoms with Gasteiger partial charge in [-0.3, -0.25) is 4.79 Å². The molecule has 27 heavy (non-hydrogen) atoms. The van der Waals surface area contributed by atoms with E-state index >= 15 is 0 Å². The number of rotatable bonds is 5. The Labute approximate surface area is 162 Å². The van der Waals surface area contributed by atoms with Crippen LogP contribution in [0, 0.1) is 5.92 Å². The van der Waals surface area contributed by atoms with E-state index in [2.05, 4.69) is 55.4 Å². The maximum absolute atomic E-state index is 12.8. The van der Waals surface area contributed by atoms with Crippen LogP contribution in [0.25, 0.3) is 30.0 Å². The van der Waals surface area contributed by atoms with Crippen LogP contribution in [0.3, 0.4) is 0 Å². The van der Waals surface area contributed by atoms with Crippen LogP contribution in [0.2, 0.25) is 0 Å². The molecule has 3 heteroatoms. The van der Waals surface area contributed by atoms with Crippen molar-refractivity contribution in [3.63, 3.8) is 0 Å². The molecule has 0 bridgehead atoms. The topological polar surface area (TPSA) is 32.3 Å². The predicted molar refractivity (Wildman–Crippen MR) is 116 cm³/mol. The predicted octanol–water partition coefficient (Wildman–Crippen LogP) is 2.86. The van der Waals surface area contributed by atoms with E-state index in [4.69, 9.17) is 0 Å².